The van der Waals surface area contributed by atoms with E-state index in [4.69, 9.17) is 5.73 Å². The zero-order chi connectivity index (χ0) is 19.3. The Morgan fingerprint density at radius 1 is 1.14 bits per heavy atom. The maximum atomic E-state index is 13.3. The smallest absolute Gasteiger partial charge is 0.254 e. The molecule has 0 radical (unpaired) electrons. The Morgan fingerprint density at radius 3 is 2.86 bits per heavy atom. The standard InChI is InChI=1S/C22H25N5O/c23-21-10-4-9-20(25-21)17-6-3-7-18(16-17)22(28)27-14-2-1-8-19(27)11-15-26-13-5-12-24-26/h3-7,9-10,12-13,16,19H,1-2,8,11,14-15H2,(H2,23,25)/t19-/m0/s1. The van der Waals surface area contributed by atoms with Crippen molar-refractivity contribution >= 4 is 11.7 Å². The summed E-state index contributed by atoms with van der Waals surface area (Å²) in [6.45, 7) is 1.64. The van der Waals surface area contributed by atoms with Crippen LogP contribution in [-0.2, 0) is 6.54 Å². The first kappa shape index (κ1) is 18.2. The summed E-state index contributed by atoms with van der Waals surface area (Å²) >= 11 is 0. The van der Waals surface area contributed by atoms with E-state index < -0.39 is 0 Å². The highest BCUT2D eigenvalue weighted by molar-refractivity contribution is 5.95. The van der Waals surface area contributed by atoms with Crippen LogP contribution in [-0.4, -0.2) is 38.2 Å². The molecule has 2 aromatic heterocycles. The van der Waals surface area contributed by atoms with Crippen LogP contribution < -0.4 is 5.73 Å². The quantitative estimate of drug-likeness (QED) is 0.739. The number of hydrogen-bond donors (Lipinski definition) is 1. The number of benzene rings is 1. The fourth-order valence-corrected chi connectivity index (χ4v) is 3.87. The number of aromatic nitrogens is 3. The molecule has 1 fully saturated rings. The van der Waals surface area contributed by atoms with Crippen LogP contribution in [0.15, 0.2) is 60.9 Å². The third-order valence-corrected chi connectivity index (χ3v) is 5.31. The molecule has 28 heavy (non-hydrogen) atoms. The molecule has 0 unspecified atom stereocenters. The number of rotatable bonds is 5. The highest BCUT2D eigenvalue weighted by Gasteiger charge is 2.27. The number of anilines is 1. The minimum Gasteiger partial charge on any atom is -0.384 e. The summed E-state index contributed by atoms with van der Waals surface area (Å²) < 4.78 is 1.93. The van der Waals surface area contributed by atoms with Gasteiger partial charge in [-0.05, 0) is 56.0 Å². The third kappa shape index (κ3) is 4.06. The lowest BCUT2D eigenvalue weighted by molar-refractivity contribution is 0.0594. The average molecular weight is 375 g/mol. The molecular formula is C22H25N5O. The lowest BCUT2D eigenvalue weighted by Crippen LogP contribution is -2.44. The van der Waals surface area contributed by atoms with Gasteiger partial charge >= 0.3 is 0 Å². The first-order valence-corrected chi connectivity index (χ1v) is 9.82. The number of aryl methyl sites for hydroxylation is 1. The summed E-state index contributed by atoms with van der Waals surface area (Å²) in [5, 5.41) is 4.28. The predicted octanol–water partition coefficient (Wildman–Crippen LogP) is 3.61. The Bertz CT molecular complexity index is 938. The fraction of sp³-hybridized carbons (Fsp3) is 0.318. The first-order chi connectivity index (χ1) is 13.7. The Hall–Kier alpha value is -3.15. The molecule has 6 heteroatoms. The third-order valence-electron chi connectivity index (χ3n) is 5.31. The molecule has 144 valence electrons. The van der Waals surface area contributed by atoms with Gasteiger partial charge in [0.25, 0.3) is 5.91 Å². The minimum absolute atomic E-state index is 0.0934. The molecule has 0 saturated carbocycles. The van der Waals surface area contributed by atoms with E-state index in [9.17, 15) is 4.79 Å². The second kappa shape index (κ2) is 8.25. The van der Waals surface area contributed by atoms with E-state index in [1.165, 1.54) is 6.42 Å². The molecule has 0 aliphatic carbocycles. The average Bonchev–Trinajstić information content (AvgIpc) is 3.26. The number of nitrogen functional groups attached to an aromatic ring is 1. The van der Waals surface area contributed by atoms with Crippen molar-refractivity contribution in [3.05, 3.63) is 66.5 Å². The van der Waals surface area contributed by atoms with Gasteiger partial charge < -0.3 is 10.6 Å². The van der Waals surface area contributed by atoms with E-state index >= 15 is 0 Å². The van der Waals surface area contributed by atoms with Crippen molar-refractivity contribution in [1.82, 2.24) is 19.7 Å². The number of likely N-dealkylation sites (tertiary alicyclic amines) is 1. The highest BCUT2D eigenvalue weighted by Crippen LogP contribution is 2.25. The van der Waals surface area contributed by atoms with Crippen molar-refractivity contribution in [3.8, 4) is 11.3 Å². The Balaban J connectivity index is 1.52. The second-order valence-electron chi connectivity index (χ2n) is 7.23. The van der Waals surface area contributed by atoms with Crippen LogP contribution in [0.25, 0.3) is 11.3 Å². The maximum Gasteiger partial charge on any atom is 0.254 e. The van der Waals surface area contributed by atoms with Gasteiger partial charge in [0.15, 0.2) is 0 Å². The van der Waals surface area contributed by atoms with Crippen molar-refractivity contribution in [2.24, 2.45) is 0 Å². The molecule has 1 saturated heterocycles. The zero-order valence-corrected chi connectivity index (χ0v) is 15.9. The summed E-state index contributed by atoms with van der Waals surface area (Å²) in [6.07, 6.45) is 7.95. The topological polar surface area (TPSA) is 77.0 Å². The predicted molar refractivity (Wildman–Crippen MR) is 110 cm³/mol. The first-order valence-electron chi connectivity index (χ1n) is 9.82. The van der Waals surface area contributed by atoms with Gasteiger partial charge in [-0.25, -0.2) is 4.98 Å². The maximum absolute atomic E-state index is 13.3. The molecule has 6 nitrogen and oxygen atoms in total. The summed E-state index contributed by atoms with van der Waals surface area (Å²) in [6, 6.07) is 15.4. The number of amides is 1. The van der Waals surface area contributed by atoms with Gasteiger partial charge in [0, 0.05) is 42.7 Å². The number of nitrogens with zero attached hydrogens (tertiary/aromatic N) is 4. The highest BCUT2D eigenvalue weighted by atomic mass is 16.2. The van der Waals surface area contributed by atoms with Crippen LogP contribution in [0.5, 0.6) is 0 Å². The van der Waals surface area contributed by atoms with Crippen LogP contribution in [0, 0.1) is 0 Å². The number of piperidine rings is 1. The number of carbonyl (C=O) groups is 1. The molecule has 3 heterocycles. The summed E-state index contributed by atoms with van der Waals surface area (Å²) in [5.74, 6) is 0.569. The second-order valence-corrected chi connectivity index (χ2v) is 7.23. The summed E-state index contributed by atoms with van der Waals surface area (Å²) in [7, 11) is 0. The van der Waals surface area contributed by atoms with Crippen molar-refractivity contribution < 1.29 is 4.79 Å². The Morgan fingerprint density at radius 2 is 2.04 bits per heavy atom. The molecule has 1 atom stereocenters. The number of carbonyl (C=O) groups excluding carboxylic acids is 1. The Kier molecular flexibility index (Phi) is 5.37. The van der Waals surface area contributed by atoms with Gasteiger partial charge in [-0.3, -0.25) is 9.48 Å². The van der Waals surface area contributed by atoms with Crippen molar-refractivity contribution in [1.29, 1.82) is 0 Å². The van der Waals surface area contributed by atoms with E-state index in [1.54, 1.807) is 12.3 Å². The molecule has 4 rings (SSSR count). The van der Waals surface area contributed by atoms with E-state index in [0.717, 1.165) is 43.6 Å². The van der Waals surface area contributed by atoms with Crippen LogP contribution >= 0.6 is 0 Å². The van der Waals surface area contributed by atoms with Crippen LogP contribution in [0.2, 0.25) is 0 Å². The van der Waals surface area contributed by atoms with Gasteiger partial charge in [0.1, 0.15) is 5.82 Å². The van der Waals surface area contributed by atoms with Crippen molar-refractivity contribution in [2.45, 2.75) is 38.3 Å². The molecule has 1 aliphatic heterocycles. The number of hydrogen-bond acceptors (Lipinski definition) is 4. The molecule has 2 N–H and O–H groups in total. The summed E-state index contributed by atoms with van der Waals surface area (Å²) in [4.78, 5) is 19.7. The zero-order valence-electron chi connectivity index (χ0n) is 15.9. The van der Waals surface area contributed by atoms with Crippen molar-refractivity contribution in [2.75, 3.05) is 12.3 Å². The minimum atomic E-state index is 0.0934. The van der Waals surface area contributed by atoms with Gasteiger partial charge in [-0.1, -0.05) is 18.2 Å². The van der Waals surface area contributed by atoms with Gasteiger partial charge in [-0.15, -0.1) is 0 Å². The van der Waals surface area contributed by atoms with Crippen LogP contribution in [0.3, 0.4) is 0 Å². The van der Waals surface area contributed by atoms with Crippen molar-refractivity contribution in [3.63, 3.8) is 0 Å². The van der Waals surface area contributed by atoms with Gasteiger partial charge in [0.2, 0.25) is 0 Å². The monoisotopic (exact) mass is 375 g/mol. The molecule has 0 bridgehead atoms. The van der Waals surface area contributed by atoms with Crippen LogP contribution in [0.4, 0.5) is 5.82 Å². The van der Waals surface area contributed by atoms with Crippen LogP contribution in [0.1, 0.15) is 36.0 Å². The van der Waals surface area contributed by atoms with E-state index in [-0.39, 0.29) is 11.9 Å². The van der Waals surface area contributed by atoms with Gasteiger partial charge in [0.05, 0.1) is 5.69 Å². The molecule has 1 aromatic carbocycles. The summed E-state index contributed by atoms with van der Waals surface area (Å²) in [5.41, 5.74) is 8.20. The molecule has 1 aliphatic rings. The number of nitrogens with two attached hydrogens (primary N) is 1. The van der Waals surface area contributed by atoms with E-state index in [1.807, 2.05) is 58.2 Å². The lowest BCUT2D eigenvalue weighted by Gasteiger charge is -2.36. The molecule has 1 amide bonds. The fourth-order valence-electron chi connectivity index (χ4n) is 3.87. The molecular weight excluding hydrogens is 350 g/mol. The van der Waals surface area contributed by atoms with E-state index in [2.05, 4.69) is 10.1 Å². The Labute approximate surface area is 165 Å². The largest absolute Gasteiger partial charge is 0.384 e. The van der Waals surface area contributed by atoms with Gasteiger partial charge in [-0.2, -0.15) is 5.10 Å². The molecule has 0 spiro atoms. The normalized spacial score (nSPS) is 16.9. The number of pyridine rings is 1. The lowest BCUT2D eigenvalue weighted by atomic mass is 9.97. The molecule has 3 aromatic rings. The van der Waals surface area contributed by atoms with E-state index in [0.29, 0.717) is 11.4 Å². The SMILES string of the molecule is Nc1cccc(-c2cccc(C(=O)N3CCCC[C@H]3CCn3cccn3)c2)n1.